The summed E-state index contributed by atoms with van der Waals surface area (Å²) in [5.74, 6) is 0. The minimum absolute atomic E-state index is 0.104. The summed E-state index contributed by atoms with van der Waals surface area (Å²) < 4.78 is 1.90. The molecule has 0 spiro atoms. The highest BCUT2D eigenvalue weighted by Gasteiger charge is 2.07. The van der Waals surface area contributed by atoms with Crippen LogP contribution in [0.5, 0.6) is 0 Å². The van der Waals surface area contributed by atoms with E-state index >= 15 is 0 Å². The molecule has 0 aliphatic carbocycles. The van der Waals surface area contributed by atoms with E-state index in [2.05, 4.69) is 4.98 Å². The van der Waals surface area contributed by atoms with E-state index < -0.39 is 4.92 Å². The highest BCUT2D eigenvalue weighted by Crippen LogP contribution is 2.21. The SMILES string of the molecule is O=[N+]([O-])c1ccc2c(ccc3cncn32)c1. The Bertz CT molecular complexity index is 703. The van der Waals surface area contributed by atoms with E-state index in [0.717, 1.165) is 16.4 Å². The van der Waals surface area contributed by atoms with Crippen molar-refractivity contribution in [2.24, 2.45) is 0 Å². The second kappa shape index (κ2) is 3.03. The average Bonchev–Trinajstić information content (AvgIpc) is 2.76. The molecule has 0 bridgehead atoms. The van der Waals surface area contributed by atoms with Crippen LogP contribution in [0.4, 0.5) is 5.69 Å². The number of benzene rings is 1. The van der Waals surface area contributed by atoms with Crippen molar-refractivity contribution in [3.8, 4) is 0 Å². The lowest BCUT2D eigenvalue weighted by Gasteiger charge is -2.01. The number of aromatic nitrogens is 2. The molecule has 1 aromatic carbocycles. The van der Waals surface area contributed by atoms with Gasteiger partial charge in [0, 0.05) is 17.5 Å². The fourth-order valence-electron chi connectivity index (χ4n) is 1.81. The van der Waals surface area contributed by atoms with Crippen LogP contribution in [0, 0.1) is 10.1 Å². The standard InChI is InChI=1S/C11H7N3O2/c15-14(16)9-3-4-11-8(5-9)1-2-10-6-12-7-13(10)11/h1-7H. The van der Waals surface area contributed by atoms with Crippen molar-refractivity contribution >= 4 is 22.1 Å². The fraction of sp³-hybridized carbons (Fsp3) is 0. The van der Waals surface area contributed by atoms with Gasteiger partial charge in [-0.25, -0.2) is 4.98 Å². The molecule has 3 aromatic rings. The lowest BCUT2D eigenvalue weighted by atomic mass is 10.2. The quantitative estimate of drug-likeness (QED) is 0.460. The molecule has 0 unspecified atom stereocenters. The molecule has 3 rings (SSSR count). The summed E-state index contributed by atoms with van der Waals surface area (Å²) in [4.78, 5) is 14.3. The van der Waals surface area contributed by atoms with E-state index in [9.17, 15) is 10.1 Å². The first-order valence-electron chi connectivity index (χ1n) is 4.75. The van der Waals surface area contributed by atoms with Gasteiger partial charge < -0.3 is 0 Å². The van der Waals surface area contributed by atoms with Crippen LogP contribution in [0.25, 0.3) is 16.4 Å². The normalized spacial score (nSPS) is 11.0. The van der Waals surface area contributed by atoms with Gasteiger partial charge in [-0.15, -0.1) is 0 Å². The lowest BCUT2D eigenvalue weighted by Crippen LogP contribution is -1.90. The third-order valence-electron chi connectivity index (χ3n) is 2.58. The van der Waals surface area contributed by atoms with E-state index in [1.807, 2.05) is 16.5 Å². The number of nitrogens with zero attached hydrogens (tertiary/aromatic N) is 3. The molecular weight excluding hydrogens is 206 g/mol. The maximum absolute atomic E-state index is 10.6. The molecule has 2 heterocycles. The van der Waals surface area contributed by atoms with Crippen molar-refractivity contribution in [1.82, 2.24) is 9.38 Å². The molecule has 0 amide bonds. The summed E-state index contributed by atoms with van der Waals surface area (Å²) >= 11 is 0. The molecule has 0 N–H and O–H groups in total. The number of rotatable bonds is 1. The van der Waals surface area contributed by atoms with Crippen LogP contribution in [0.1, 0.15) is 0 Å². The van der Waals surface area contributed by atoms with Crippen molar-refractivity contribution in [1.29, 1.82) is 0 Å². The van der Waals surface area contributed by atoms with Crippen LogP contribution in [0.3, 0.4) is 0 Å². The van der Waals surface area contributed by atoms with Crippen molar-refractivity contribution in [2.75, 3.05) is 0 Å². The van der Waals surface area contributed by atoms with Gasteiger partial charge in [0.2, 0.25) is 0 Å². The largest absolute Gasteiger partial charge is 0.299 e. The Kier molecular flexibility index (Phi) is 1.67. The van der Waals surface area contributed by atoms with Gasteiger partial charge >= 0.3 is 0 Å². The molecule has 0 aliphatic rings. The Hall–Kier alpha value is -2.43. The van der Waals surface area contributed by atoms with Crippen molar-refractivity contribution in [2.45, 2.75) is 0 Å². The number of pyridine rings is 1. The van der Waals surface area contributed by atoms with Gasteiger partial charge in [-0.3, -0.25) is 14.5 Å². The predicted molar refractivity (Wildman–Crippen MR) is 59.4 cm³/mol. The first-order chi connectivity index (χ1) is 7.75. The van der Waals surface area contributed by atoms with Crippen LogP contribution in [0.2, 0.25) is 0 Å². The summed E-state index contributed by atoms with van der Waals surface area (Å²) in [7, 11) is 0. The second-order valence-corrected chi connectivity index (χ2v) is 3.52. The van der Waals surface area contributed by atoms with Crippen LogP contribution in [0.15, 0.2) is 42.9 Å². The average molecular weight is 213 g/mol. The molecule has 0 fully saturated rings. The summed E-state index contributed by atoms with van der Waals surface area (Å²) in [6.45, 7) is 0. The minimum Gasteiger partial charge on any atom is -0.299 e. The first-order valence-corrected chi connectivity index (χ1v) is 4.75. The van der Waals surface area contributed by atoms with Gasteiger partial charge in [0.1, 0.15) is 0 Å². The Morgan fingerprint density at radius 1 is 1.25 bits per heavy atom. The fourth-order valence-corrected chi connectivity index (χ4v) is 1.81. The molecule has 0 radical (unpaired) electrons. The number of fused-ring (bicyclic) bond motifs is 3. The summed E-state index contributed by atoms with van der Waals surface area (Å²) in [6.07, 6.45) is 3.45. The maximum atomic E-state index is 10.6. The smallest absolute Gasteiger partial charge is 0.270 e. The van der Waals surface area contributed by atoms with E-state index in [4.69, 9.17) is 0 Å². The van der Waals surface area contributed by atoms with E-state index in [0.29, 0.717) is 0 Å². The number of hydrogen-bond donors (Lipinski definition) is 0. The second-order valence-electron chi connectivity index (χ2n) is 3.52. The highest BCUT2D eigenvalue weighted by atomic mass is 16.6. The Labute approximate surface area is 90.1 Å². The lowest BCUT2D eigenvalue weighted by molar-refractivity contribution is -0.384. The summed E-state index contributed by atoms with van der Waals surface area (Å²) in [6, 6.07) is 8.55. The number of non-ortho nitro benzene ring substituents is 1. The summed E-state index contributed by atoms with van der Waals surface area (Å²) in [5.41, 5.74) is 1.99. The molecule has 5 nitrogen and oxygen atoms in total. The maximum Gasteiger partial charge on any atom is 0.270 e. The zero-order valence-corrected chi connectivity index (χ0v) is 8.20. The van der Waals surface area contributed by atoms with Gasteiger partial charge in [0.05, 0.1) is 28.5 Å². The van der Waals surface area contributed by atoms with Crippen LogP contribution >= 0.6 is 0 Å². The molecule has 78 valence electrons. The third-order valence-corrected chi connectivity index (χ3v) is 2.58. The van der Waals surface area contributed by atoms with Gasteiger partial charge in [0.15, 0.2) is 0 Å². The Morgan fingerprint density at radius 2 is 2.12 bits per heavy atom. The highest BCUT2D eigenvalue weighted by molar-refractivity contribution is 5.84. The number of nitro benzene ring substituents is 1. The van der Waals surface area contributed by atoms with Crippen molar-refractivity contribution in [3.63, 3.8) is 0 Å². The zero-order chi connectivity index (χ0) is 11.1. The zero-order valence-electron chi connectivity index (χ0n) is 8.20. The van der Waals surface area contributed by atoms with Crippen molar-refractivity contribution in [3.05, 3.63) is 53.0 Å². The monoisotopic (exact) mass is 213 g/mol. The summed E-state index contributed by atoms with van der Waals surface area (Å²) in [5, 5.41) is 11.5. The molecule has 16 heavy (non-hydrogen) atoms. The number of imidazole rings is 1. The van der Waals surface area contributed by atoms with Gasteiger partial charge in [-0.1, -0.05) is 6.07 Å². The molecule has 0 aliphatic heterocycles. The Balaban J connectivity index is 2.41. The first kappa shape index (κ1) is 8.84. The van der Waals surface area contributed by atoms with Gasteiger partial charge in [0.25, 0.3) is 5.69 Å². The minimum atomic E-state index is -0.391. The molecule has 0 saturated carbocycles. The topological polar surface area (TPSA) is 60.4 Å². The number of hydrogen-bond acceptors (Lipinski definition) is 3. The number of nitro groups is 1. The van der Waals surface area contributed by atoms with E-state index in [-0.39, 0.29) is 5.69 Å². The Morgan fingerprint density at radius 3 is 2.94 bits per heavy atom. The van der Waals surface area contributed by atoms with Crippen LogP contribution in [-0.2, 0) is 0 Å². The van der Waals surface area contributed by atoms with Gasteiger partial charge in [-0.05, 0) is 12.1 Å². The van der Waals surface area contributed by atoms with Crippen molar-refractivity contribution < 1.29 is 4.92 Å². The molecule has 0 saturated heterocycles. The molecule has 2 aromatic heterocycles. The van der Waals surface area contributed by atoms with Crippen LogP contribution < -0.4 is 0 Å². The van der Waals surface area contributed by atoms with E-state index in [1.54, 1.807) is 24.7 Å². The van der Waals surface area contributed by atoms with Crippen LogP contribution in [-0.4, -0.2) is 14.3 Å². The molecule has 5 heteroatoms. The predicted octanol–water partition coefficient (Wildman–Crippen LogP) is 2.40. The molecular formula is C11H7N3O2. The van der Waals surface area contributed by atoms with E-state index in [1.165, 1.54) is 6.07 Å². The molecule has 0 atom stereocenters. The third kappa shape index (κ3) is 1.15. The van der Waals surface area contributed by atoms with Gasteiger partial charge in [-0.2, -0.15) is 0 Å².